The third-order valence-electron chi connectivity index (χ3n) is 5.21. The largest absolute Gasteiger partial charge is 0.484 e. The summed E-state index contributed by atoms with van der Waals surface area (Å²) in [6.07, 6.45) is -0.0573. The van der Waals surface area contributed by atoms with Gasteiger partial charge in [-0.2, -0.15) is 0 Å². The lowest BCUT2D eigenvalue weighted by Crippen LogP contribution is -2.36. The van der Waals surface area contributed by atoms with Gasteiger partial charge in [0.1, 0.15) is 23.2 Å². The van der Waals surface area contributed by atoms with Crippen LogP contribution in [0.5, 0.6) is 5.75 Å². The number of nitrogens with zero attached hydrogens (tertiary/aromatic N) is 2. The molecule has 3 aromatic rings. The fourth-order valence-electron chi connectivity index (χ4n) is 3.71. The van der Waals surface area contributed by atoms with Crippen molar-refractivity contribution in [2.45, 2.75) is 26.5 Å². The molecule has 6 heteroatoms. The second-order valence-electron chi connectivity index (χ2n) is 7.32. The lowest BCUT2D eigenvalue weighted by atomic mass is 10.1. The Morgan fingerprint density at radius 2 is 1.90 bits per heavy atom. The molecule has 4 rings (SSSR count). The molecular weight excluding hydrogens is 366 g/mol. The molecule has 0 bridgehead atoms. The van der Waals surface area contributed by atoms with Crippen molar-refractivity contribution in [3.05, 3.63) is 82.7 Å². The molecule has 0 radical (unpaired) electrons. The van der Waals surface area contributed by atoms with Gasteiger partial charge in [0.2, 0.25) is 0 Å². The molecule has 1 atom stereocenters. The van der Waals surface area contributed by atoms with Gasteiger partial charge in [0.05, 0.1) is 5.69 Å². The van der Waals surface area contributed by atoms with Crippen molar-refractivity contribution in [3.63, 3.8) is 0 Å². The minimum Gasteiger partial charge on any atom is -0.484 e. The number of amides is 1. The van der Waals surface area contributed by atoms with E-state index < -0.39 is 0 Å². The Morgan fingerprint density at radius 3 is 2.66 bits per heavy atom. The highest BCUT2D eigenvalue weighted by Gasteiger charge is 2.24. The van der Waals surface area contributed by atoms with Crippen LogP contribution >= 0.6 is 0 Å². The zero-order valence-corrected chi connectivity index (χ0v) is 16.7. The second kappa shape index (κ2) is 8.49. The first-order valence-electron chi connectivity index (χ1n) is 9.85. The third kappa shape index (κ3) is 4.32. The van der Waals surface area contributed by atoms with Crippen molar-refractivity contribution in [3.8, 4) is 5.75 Å². The highest BCUT2D eigenvalue weighted by Crippen LogP contribution is 2.30. The number of fused-ring (bicyclic) bond motifs is 1. The summed E-state index contributed by atoms with van der Waals surface area (Å²) in [6, 6.07) is 18.4. The van der Waals surface area contributed by atoms with E-state index in [1.165, 1.54) is 0 Å². The summed E-state index contributed by atoms with van der Waals surface area (Å²) in [5, 5.41) is 6.84. The zero-order chi connectivity index (χ0) is 20.2. The van der Waals surface area contributed by atoms with Gasteiger partial charge in [-0.25, -0.2) is 0 Å². The van der Waals surface area contributed by atoms with Crippen molar-refractivity contribution in [1.82, 2.24) is 15.4 Å². The Balaban J connectivity index is 1.45. The van der Waals surface area contributed by atoms with Gasteiger partial charge in [-0.1, -0.05) is 53.7 Å². The summed E-state index contributed by atoms with van der Waals surface area (Å²) in [6.45, 7) is 6.31. The first kappa shape index (κ1) is 19.2. The van der Waals surface area contributed by atoms with Crippen molar-refractivity contribution in [1.29, 1.82) is 0 Å². The topological polar surface area (TPSA) is 67.6 Å². The average Bonchev–Trinajstić information content (AvgIpc) is 2.96. The molecule has 1 aliphatic heterocycles. The normalized spacial score (nSPS) is 16.6. The molecule has 1 aliphatic rings. The highest BCUT2D eigenvalue weighted by molar-refractivity contribution is 5.96. The number of benzene rings is 2. The van der Waals surface area contributed by atoms with E-state index in [-0.39, 0.29) is 12.0 Å². The maximum absolute atomic E-state index is 12.5. The predicted octanol–water partition coefficient (Wildman–Crippen LogP) is 3.66. The lowest BCUT2D eigenvalue weighted by molar-refractivity contribution is 0.0941. The van der Waals surface area contributed by atoms with E-state index in [1.54, 1.807) is 13.8 Å². The highest BCUT2D eigenvalue weighted by atomic mass is 16.5. The Bertz CT molecular complexity index is 965. The predicted molar refractivity (Wildman–Crippen MR) is 110 cm³/mol. The standard InChI is InChI=1S/C23H25N3O3/c1-16-22(17(2)29-25-16)23(27)24-12-13-26-14-19-10-6-7-11-20(19)28-21(15-26)18-8-4-3-5-9-18/h3-11,21H,12-15H2,1-2H3,(H,24,27). The van der Waals surface area contributed by atoms with Crippen LogP contribution in [0.4, 0.5) is 0 Å². The molecule has 150 valence electrons. The molecule has 0 aliphatic carbocycles. The summed E-state index contributed by atoms with van der Waals surface area (Å²) in [4.78, 5) is 14.8. The molecule has 1 aromatic heterocycles. The summed E-state index contributed by atoms with van der Waals surface area (Å²) in [5.74, 6) is 1.32. The smallest absolute Gasteiger partial charge is 0.256 e. The van der Waals surface area contributed by atoms with E-state index in [4.69, 9.17) is 9.26 Å². The number of nitrogens with one attached hydrogen (secondary N) is 1. The van der Waals surface area contributed by atoms with Crippen LogP contribution in [-0.2, 0) is 6.54 Å². The van der Waals surface area contributed by atoms with Gasteiger partial charge >= 0.3 is 0 Å². The first-order valence-corrected chi connectivity index (χ1v) is 9.85. The summed E-state index contributed by atoms with van der Waals surface area (Å²) in [5.41, 5.74) is 3.44. The van der Waals surface area contributed by atoms with E-state index in [0.29, 0.717) is 23.6 Å². The van der Waals surface area contributed by atoms with Crippen molar-refractivity contribution >= 4 is 5.91 Å². The molecule has 0 saturated carbocycles. The molecule has 2 heterocycles. The van der Waals surface area contributed by atoms with Gasteiger partial charge in [-0.15, -0.1) is 0 Å². The Hall–Kier alpha value is -3.12. The SMILES string of the molecule is Cc1noc(C)c1C(=O)NCCN1Cc2ccccc2OC(c2ccccc2)C1. The molecule has 0 fully saturated rings. The van der Waals surface area contributed by atoms with Crippen LogP contribution < -0.4 is 10.1 Å². The molecule has 29 heavy (non-hydrogen) atoms. The van der Waals surface area contributed by atoms with Crippen LogP contribution in [-0.4, -0.2) is 35.6 Å². The fraction of sp³-hybridized carbons (Fsp3) is 0.304. The summed E-state index contributed by atoms with van der Waals surface area (Å²) >= 11 is 0. The van der Waals surface area contributed by atoms with Gasteiger partial charge in [-0.3, -0.25) is 9.69 Å². The number of rotatable bonds is 5. The Kier molecular flexibility index (Phi) is 5.62. The maximum atomic E-state index is 12.5. The van der Waals surface area contributed by atoms with Gasteiger partial charge in [-0.05, 0) is 25.5 Å². The molecular formula is C23H25N3O3. The number of aromatic nitrogens is 1. The van der Waals surface area contributed by atoms with Crippen molar-refractivity contribution < 1.29 is 14.1 Å². The molecule has 0 spiro atoms. The number of para-hydroxylation sites is 1. The minimum absolute atomic E-state index is 0.0573. The van der Waals surface area contributed by atoms with Gasteiger partial charge in [0.25, 0.3) is 5.91 Å². The van der Waals surface area contributed by atoms with E-state index in [2.05, 4.69) is 33.6 Å². The fourth-order valence-corrected chi connectivity index (χ4v) is 3.71. The van der Waals surface area contributed by atoms with Crippen molar-refractivity contribution in [2.75, 3.05) is 19.6 Å². The molecule has 6 nitrogen and oxygen atoms in total. The van der Waals surface area contributed by atoms with Crippen LogP contribution in [0, 0.1) is 13.8 Å². The van der Waals surface area contributed by atoms with E-state index in [0.717, 1.165) is 36.5 Å². The van der Waals surface area contributed by atoms with Gasteiger partial charge in [0.15, 0.2) is 0 Å². The van der Waals surface area contributed by atoms with Gasteiger partial charge < -0.3 is 14.6 Å². The third-order valence-corrected chi connectivity index (χ3v) is 5.21. The first-order chi connectivity index (χ1) is 14.1. The maximum Gasteiger partial charge on any atom is 0.256 e. The van der Waals surface area contributed by atoms with Crippen LogP contribution in [0.25, 0.3) is 0 Å². The molecule has 1 N–H and O–H groups in total. The molecule has 1 amide bonds. The van der Waals surface area contributed by atoms with Crippen LogP contribution in [0.3, 0.4) is 0 Å². The summed E-state index contributed by atoms with van der Waals surface area (Å²) in [7, 11) is 0. The number of ether oxygens (including phenoxy) is 1. The monoisotopic (exact) mass is 391 g/mol. The average molecular weight is 391 g/mol. The quantitative estimate of drug-likeness (QED) is 0.719. The van der Waals surface area contributed by atoms with Crippen molar-refractivity contribution in [2.24, 2.45) is 0 Å². The Morgan fingerprint density at radius 1 is 1.14 bits per heavy atom. The molecule has 1 unspecified atom stereocenters. The van der Waals surface area contributed by atoms with Crippen LogP contribution in [0.2, 0.25) is 0 Å². The minimum atomic E-state index is -0.146. The lowest BCUT2D eigenvalue weighted by Gasteiger charge is -2.24. The summed E-state index contributed by atoms with van der Waals surface area (Å²) < 4.78 is 11.4. The number of hydrogen-bond donors (Lipinski definition) is 1. The molecule has 0 saturated heterocycles. The molecule has 2 aromatic carbocycles. The van der Waals surface area contributed by atoms with E-state index >= 15 is 0 Å². The number of hydrogen-bond acceptors (Lipinski definition) is 5. The van der Waals surface area contributed by atoms with Crippen LogP contribution in [0.15, 0.2) is 59.1 Å². The van der Waals surface area contributed by atoms with E-state index in [9.17, 15) is 4.79 Å². The number of aryl methyl sites for hydroxylation is 2. The van der Waals surface area contributed by atoms with Gasteiger partial charge in [0, 0.05) is 31.7 Å². The second-order valence-corrected chi connectivity index (χ2v) is 7.32. The Labute approximate surface area is 170 Å². The number of carbonyl (C=O) groups excluding carboxylic acids is 1. The number of carbonyl (C=O) groups is 1. The van der Waals surface area contributed by atoms with E-state index in [1.807, 2.05) is 36.4 Å². The zero-order valence-electron chi connectivity index (χ0n) is 16.7. The van der Waals surface area contributed by atoms with Crippen LogP contribution in [0.1, 0.15) is 39.0 Å².